The first-order valence-electron chi connectivity index (χ1n) is 7.31. The van der Waals surface area contributed by atoms with Crippen molar-refractivity contribution in [3.8, 4) is 0 Å². The molecule has 0 atom stereocenters. The molecule has 1 spiro atoms. The van der Waals surface area contributed by atoms with Gasteiger partial charge < -0.3 is 11.5 Å². The van der Waals surface area contributed by atoms with E-state index in [0.29, 0.717) is 11.5 Å². The molecule has 1 saturated carbocycles. The molecule has 4 N–H and O–H groups in total. The Hall–Kier alpha value is -2.08. The Bertz CT molecular complexity index is 646. The van der Waals surface area contributed by atoms with Crippen LogP contribution in [0.25, 0.3) is 0 Å². The maximum Gasteiger partial charge on any atom is 0.252 e. The Labute approximate surface area is 133 Å². The third-order valence-electron chi connectivity index (χ3n) is 4.20. The van der Waals surface area contributed by atoms with Gasteiger partial charge in [0.25, 0.3) is 5.24 Å². The van der Waals surface area contributed by atoms with Gasteiger partial charge in [-0.2, -0.15) is 4.99 Å². The van der Waals surface area contributed by atoms with Crippen molar-refractivity contribution in [3.63, 3.8) is 0 Å². The summed E-state index contributed by atoms with van der Waals surface area (Å²) in [5.74, 6) is 0.558. The molecule has 1 aliphatic carbocycles. The first-order chi connectivity index (χ1) is 10.5. The van der Waals surface area contributed by atoms with E-state index in [2.05, 4.69) is 9.98 Å². The molecule has 116 valence electrons. The molecular weight excluding hydrogens is 302 g/mol. The fourth-order valence-electron chi connectivity index (χ4n) is 3.24. The summed E-state index contributed by atoms with van der Waals surface area (Å²) in [4.78, 5) is 21.8. The number of aliphatic imine (C=N–C) groups is 2. The average Bonchev–Trinajstić information content (AvgIpc) is 2.47. The third kappa shape index (κ3) is 2.54. The van der Waals surface area contributed by atoms with E-state index in [4.69, 9.17) is 23.1 Å². The number of guanidine groups is 2. The largest absolute Gasteiger partial charge is 0.369 e. The van der Waals surface area contributed by atoms with Gasteiger partial charge in [0.1, 0.15) is 5.66 Å². The van der Waals surface area contributed by atoms with E-state index in [9.17, 15) is 4.79 Å². The Morgan fingerprint density at radius 1 is 1.14 bits per heavy atom. The summed E-state index contributed by atoms with van der Waals surface area (Å²) in [6.45, 7) is 0. The highest BCUT2D eigenvalue weighted by atomic mass is 35.5. The fourth-order valence-corrected chi connectivity index (χ4v) is 3.36. The van der Waals surface area contributed by atoms with Crippen molar-refractivity contribution < 1.29 is 4.79 Å². The molecule has 1 aromatic carbocycles. The van der Waals surface area contributed by atoms with Gasteiger partial charge >= 0.3 is 0 Å². The molecule has 1 aliphatic heterocycles. The minimum Gasteiger partial charge on any atom is -0.369 e. The van der Waals surface area contributed by atoms with Crippen LogP contribution in [0.5, 0.6) is 0 Å². The lowest BCUT2D eigenvalue weighted by Gasteiger charge is -2.45. The smallest absolute Gasteiger partial charge is 0.252 e. The molecule has 3 rings (SSSR count). The molecule has 0 radical (unpaired) electrons. The van der Waals surface area contributed by atoms with Crippen molar-refractivity contribution in [1.82, 2.24) is 0 Å². The average molecular weight is 320 g/mol. The van der Waals surface area contributed by atoms with Crippen molar-refractivity contribution in [3.05, 3.63) is 29.8 Å². The van der Waals surface area contributed by atoms with E-state index >= 15 is 0 Å². The van der Waals surface area contributed by atoms with Gasteiger partial charge in [-0.25, -0.2) is 4.99 Å². The third-order valence-corrected chi connectivity index (χ3v) is 4.42. The highest BCUT2D eigenvalue weighted by Crippen LogP contribution is 2.39. The number of anilines is 1. The highest BCUT2D eigenvalue weighted by molar-refractivity contribution is 6.67. The summed E-state index contributed by atoms with van der Waals surface area (Å²) < 4.78 is 0. The summed E-state index contributed by atoms with van der Waals surface area (Å²) in [5.41, 5.74) is 12.8. The molecule has 1 aromatic rings. The van der Waals surface area contributed by atoms with Crippen molar-refractivity contribution in [2.24, 2.45) is 21.5 Å². The molecule has 7 heteroatoms. The number of nitrogens with zero attached hydrogens (tertiary/aromatic N) is 3. The second-order valence-corrected chi connectivity index (χ2v) is 5.98. The molecule has 1 heterocycles. The van der Waals surface area contributed by atoms with Gasteiger partial charge in [-0.1, -0.05) is 6.42 Å². The van der Waals surface area contributed by atoms with Crippen LogP contribution in [-0.4, -0.2) is 22.8 Å². The summed E-state index contributed by atoms with van der Waals surface area (Å²) in [6.07, 6.45) is 5.07. The minimum absolute atomic E-state index is 0.225. The number of hydrogen-bond donors (Lipinski definition) is 2. The Morgan fingerprint density at radius 2 is 1.77 bits per heavy atom. The van der Waals surface area contributed by atoms with Crippen LogP contribution >= 0.6 is 11.6 Å². The van der Waals surface area contributed by atoms with E-state index in [1.807, 2.05) is 17.0 Å². The number of hydrogen-bond acceptors (Lipinski definition) is 6. The SMILES string of the molecule is NC1=NC2(CCCCC2)N(c2ccc(C(=O)Cl)cc2)C(N)=N1. The first kappa shape index (κ1) is 14.8. The maximum atomic E-state index is 11.2. The zero-order chi connectivity index (χ0) is 15.7. The Morgan fingerprint density at radius 3 is 2.36 bits per heavy atom. The second kappa shape index (κ2) is 5.61. The number of benzene rings is 1. The van der Waals surface area contributed by atoms with Crippen LogP contribution in [0.1, 0.15) is 42.5 Å². The number of halogens is 1. The van der Waals surface area contributed by atoms with Gasteiger partial charge in [-0.3, -0.25) is 9.69 Å². The van der Waals surface area contributed by atoms with Crippen LogP contribution in [0.2, 0.25) is 0 Å². The lowest BCUT2D eigenvalue weighted by Crippen LogP contribution is -2.58. The number of nitrogens with two attached hydrogens (primary N) is 2. The lowest BCUT2D eigenvalue weighted by molar-refractivity contribution is 0.108. The second-order valence-electron chi connectivity index (χ2n) is 5.64. The predicted molar refractivity (Wildman–Crippen MR) is 88.2 cm³/mol. The number of rotatable bonds is 2. The summed E-state index contributed by atoms with van der Waals surface area (Å²) in [7, 11) is 0. The molecule has 0 bridgehead atoms. The van der Waals surface area contributed by atoms with Gasteiger partial charge in [0.15, 0.2) is 0 Å². The van der Waals surface area contributed by atoms with Crippen molar-refractivity contribution in [1.29, 1.82) is 0 Å². The predicted octanol–water partition coefficient (Wildman–Crippen LogP) is 2.18. The molecule has 1 fully saturated rings. The van der Waals surface area contributed by atoms with Crippen molar-refractivity contribution in [2.75, 3.05) is 4.90 Å². The standard InChI is InChI=1S/C15H18ClN5O/c16-12(22)10-4-6-11(7-5-10)21-14(18)19-13(17)20-15(21)8-2-1-3-9-15/h4-7H,1-3,8-9H2,(H4,17,18,19,20). The quantitative estimate of drug-likeness (QED) is 0.816. The van der Waals surface area contributed by atoms with Gasteiger partial charge in [0.2, 0.25) is 11.9 Å². The van der Waals surface area contributed by atoms with E-state index in [-0.39, 0.29) is 5.96 Å². The molecule has 0 aromatic heterocycles. The van der Waals surface area contributed by atoms with E-state index in [0.717, 1.165) is 31.4 Å². The topological polar surface area (TPSA) is 97.1 Å². The van der Waals surface area contributed by atoms with Crippen LogP contribution in [0.4, 0.5) is 5.69 Å². The monoisotopic (exact) mass is 319 g/mol. The summed E-state index contributed by atoms with van der Waals surface area (Å²) in [6, 6.07) is 6.98. The normalized spacial score (nSPS) is 20.5. The molecule has 0 amide bonds. The number of carbonyl (C=O) groups is 1. The fraction of sp³-hybridized carbons (Fsp3) is 0.400. The van der Waals surface area contributed by atoms with Crippen LogP contribution < -0.4 is 16.4 Å². The Kier molecular flexibility index (Phi) is 3.78. The zero-order valence-corrected chi connectivity index (χ0v) is 12.9. The van der Waals surface area contributed by atoms with Crippen molar-refractivity contribution in [2.45, 2.75) is 37.8 Å². The first-order valence-corrected chi connectivity index (χ1v) is 7.69. The molecule has 22 heavy (non-hydrogen) atoms. The lowest BCUT2D eigenvalue weighted by atomic mass is 9.87. The highest BCUT2D eigenvalue weighted by Gasteiger charge is 2.42. The summed E-state index contributed by atoms with van der Waals surface area (Å²) >= 11 is 5.49. The van der Waals surface area contributed by atoms with E-state index in [1.54, 1.807) is 12.1 Å². The molecular formula is C15H18ClN5O. The van der Waals surface area contributed by atoms with Gasteiger partial charge in [-0.15, -0.1) is 0 Å². The van der Waals surface area contributed by atoms with Crippen LogP contribution in [0.15, 0.2) is 34.3 Å². The number of carbonyl (C=O) groups excluding carboxylic acids is 1. The van der Waals surface area contributed by atoms with E-state index < -0.39 is 10.9 Å². The Balaban J connectivity index is 2.02. The molecule has 6 nitrogen and oxygen atoms in total. The summed E-state index contributed by atoms with van der Waals surface area (Å²) in [5, 5.41) is -0.485. The molecule has 0 saturated heterocycles. The van der Waals surface area contributed by atoms with Gasteiger partial charge in [-0.05, 0) is 61.5 Å². The van der Waals surface area contributed by atoms with Gasteiger partial charge in [0, 0.05) is 11.3 Å². The maximum absolute atomic E-state index is 11.2. The van der Waals surface area contributed by atoms with E-state index in [1.165, 1.54) is 6.42 Å². The molecule has 0 unspecified atom stereocenters. The molecule has 2 aliphatic rings. The van der Waals surface area contributed by atoms with Crippen LogP contribution in [0, 0.1) is 0 Å². The minimum atomic E-state index is -0.485. The zero-order valence-electron chi connectivity index (χ0n) is 12.1. The van der Waals surface area contributed by atoms with Crippen LogP contribution in [-0.2, 0) is 0 Å². The van der Waals surface area contributed by atoms with Crippen molar-refractivity contribution >= 4 is 34.4 Å². The van der Waals surface area contributed by atoms with Crippen LogP contribution in [0.3, 0.4) is 0 Å². The van der Waals surface area contributed by atoms with Gasteiger partial charge in [0.05, 0.1) is 0 Å².